The molecule has 3 aromatic rings. The van der Waals surface area contributed by atoms with E-state index < -0.39 is 0 Å². The molecule has 26 heavy (non-hydrogen) atoms. The lowest BCUT2D eigenvalue weighted by molar-refractivity contribution is -0.113. The van der Waals surface area contributed by atoms with Gasteiger partial charge in [-0.1, -0.05) is 76.6 Å². The Kier molecular flexibility index (Phi) is 6.73. The molecule has 0 saturated carbocycles. The van der Waals surface area contributed by atoms with Crippen molar-refractivity contribution >= 4 is 63.0 Å². The molecule has 0 aliphatic carbocycles. The Morgan fingerprint density at radius 1 is 1.12 bits per heavy atom. The molecule has 134 valence electrons. The Balaban J connectivity index is 1.47. The van der Waals surface area contributed by atoms with Crippen molar-refractivity contribution in [2.45, 2.75) is 10.9 Å². The second-order valence-corrected chi connectivity index (χ2v) is 8.22. The molecule has 0 aliphatic rings. The van der Waals surface area contributed by atoms with Crippen molar-refractivity contribution in [3.05, 3.63) is 64.1 Å². The first-order chi connectivity index (χ1) is 12.6. The van der Waals surface area contributed by atoms with Gasteiger partial charge >= 0.3 is 0 Å². The molecule has 1 amide bonds. The van der Waals surface area contributed by atoms with E-state index in [2.05, 4.69) is 20.8 Å². The molecular formula is C17H14Cl2N4OS2. The maximum absolute atomic E-state index is 12.1. The maximum Gasteiger partial charge on any atom is 0.234 e. The van der Waals surface area contributed by atoms with E-state index in [9.17, 15) is 4.79 Å². The Labute approximate surface area is 169 Å². The molecule has 2 aromatic carbocycles. The predicted octanol–water partition coefficient (Wildman–Crippen LogP) is 5.19. The van der Waals surface area contributed by atoms with E-state index >= 15 is 0 Å². The molecule has 0 radical (unpaired) electrons. The van der Waals surface area contributed by atoms with Crippen LogP contribution >= 0.6 is 46.3 Å². The normalized spacial score (nSPS) is 10.5. The van der Waals surface area contributed by atoms with Gasteiger partial charge in [0.2, 0.25) is 11.0 Å². The topological polar surface area (TPSA) is 66.9 Å². The van der Waals surface area contributed by atoms with Crippen LogP contribution in [-0.4, -0.2) is 21.9 Å². The van der Waals surface area contributed by atoms with Crippen molar-refractivity contribution < 1.29 is 4.79 Å². The van der Waals surface area contributed by atoms with E-state index in [1.165, 1.54) is 23.1 Å². The predicted molar refractivity (Wildman–Crippen MR) is 109 cm³/mol. The molecule has 0 fully saturated rings. The summed E-state index contributed by atoms with van der Waals surface area (Å²) in [5, 5.41) is 15.8. The molecule has 5 nitrogen and oxygen atoms in total. The first-order valence-electron chi connectivity index (χ1n) is 7.59. The minimum atomic E-state index is -0.173. The van der Waals surface area contributed by atoms with Crippen LogP contribution in [0.4, 0.5) is 10.8 Å². The van der Waals surface area contributed by atoms with Gasteiger partial charge in [0.25, 0.3) is 0 Å². The molecule has 0 aliphatic heterocycles. The van der Waals surface area contributed by atoms with E-state index in [0.29, 0.717) is 22.3 Å². The largest absolute Gasteiger partial charge is 0.356 e. The van der Waals surface area contributed by atoms with Crippen LogP contribution in [0, 0.1) is 0 Å². The molecule has 9 heteroatoms. The SMILES string of the molecule is O=C(CSc1nnc(NCc2ccccc2)s1)Nc1ccc(Cl)cc1Cl. The molecule has 0 atom stereocenters. The summed E-state index contributed by atoms with van der Waals surface area (Å²) in [4.78, 5) is 12.1. The average molecular weight is 425 g/mol. The average Bonchev–Trinajstić information content (AvgIpc) is 3.09. The van der Waals surface area contributed by atoms with E-state index in [1.807, 2.05) is 30.3 Å². The highest BCUT2D eigenvalue weighted by Crippen LogP contribution is 2.28. The molecule has 1 heterocycles. The van der Waals surface area contributed by atoms with Gasteiger partial charge < -0.3 is 10.6 Å². The van der Waals surface area contributed by atoms with Crippen LogP contribution < -0.4 is 10.6 Å². The van der Waals surface area contributed by atoms with Gasteiger partial charge in [-0.25, -0.2) is 0 Å². The van der Waals surface area contributed by atoms with Crippen molar-refractivity contribution in [3.8, 4) is 0 Å². The van der Waals surface area contributed by atoms with Gasteiger partial charge in [-0.2, -0.15) is 0 Å². The van der Waals surface area contributed by atoms with Crippen LogP contribution in [0.5, 0.6) is 0 Å². The number of carbonyl (C=O) groups is 1. The smallest absolute Gasteiger partial charge is 0.234 e. The lowest BCUT2D eigenvalue weighted by Crippen LogP contribution is -2.14. The second-order valence-electron chi connectivity index (χ2n) is 5.17. The number of aromatic nitrogens is 2. The Hall–Kier alpha value is -1.80. The third-order valence-corrected chi connectivity index (χ3v) is 5.79. The van der Waals surface area contributed by atoms with Crippen molar-refractivity contribution in [1.29, 1.82) is 0 Å². The highest BCUT2D eigenvalue weighted by atomic mass is 35.5. The summed E-state index contributed by atoms with van der Waals surface area (Å²) in [5.74, 6) is 0.0416. The fourth-order valence-electron chi connectivity index (χ4n) is 2.02. The Bertz CT molecular complexity index is 889. The molecule has 1 aromatic heterocycles. The molecule has 3 rings (SSSR count). The number of hydrogen-bond donors (Lipinski definition) is 2. The number of anilines is 2. The van der Waals surface area contributed by atoms with Crippen molar-refractivity contribution in [3.63, 3.8) is 0 Å². The highest BCUT2D eigenvalue weighted by Gasteiger charge is 2.10. The summed E-state index contributed by atoms with van der Waals surface area (Å²) in [6.07, 6.45) is 0. The number of benzene rings is 2. The second kappa shape index (κ2) is 9.23. The highest BCUT2D eigenvalue weighted by molar-refractivity contribution is 8.01. The van der Waals surface area contributed by atoms with E-state index in [4.69, 9.17) is 23.2 Å². The monoisotopic (exact) mass is 424 g/mol. The number of carbonyl (C=O) groups excluding carboxylic acids is 1. The van der Waals surface area contributed by atoms with Gasteiger partial charge in [0.1, 0.15) is 0 Å². The fourth-order valence-corrected chi connectivity index (χ4v) is 4.02. The fraction of sp³-hybridized carbons (Fsp3) is 0.118. The van der Waals surface area contributed by atoms with Gasteiger partial charge in [-0.3, -0.25) is 4.79 Å². The number of thioether (sulfide) groups is 1. The summed E-state index contributed by atoms with van der Waals surface area (Å²) in [5.41, 5.74) is 1.69. The van der Waals surface area contributed by atoms with Crippen LogP contribution in [0.3, 0.4) is 0 Å². The molecular weight excluding hydrogens is 411 g/mol. The van der Waals surface area contributed by atoms with Gasteiger partial charge in [0.15, 0.2) is 4.34 Å². The van der Waals surface area contributed by atoms with Gasteiger partial charge in [0.05, 0.1) is 16.5 Å². The Morgan fingerprint density at radius 2 is 1.92 bits per heavy atom. The lowest BCUT2D eigenvalue weighted by Gasteiger charge is -2.06. The van der Waals surface area contributed by atoms with Crippen LogP contribution in [0.1, 0.15) is 5.56 Å². The van der Waals surface area contributed by atoms with Crippen LogP contribution in [0.25, 0.3) is 0 Å². The summed E-state index contributed by atoms with van der Waals surface area (Å²) in [7, 11) is 0. The first-order valence-corrected chi connectivity index (χ1v) is 10.1. The summed E-state index contributed by atoms with van der Waals surface area (Å²) < 4.78 is 0.720. The van der Waals surface area contributed by atoms with E-state index in [-0.39, 0.29) is 11.7 Å². The first kappa shape index (κ1) is 19.0. The number of halogens is 2. The minimum Gasteiger partial charge on any atom is -0.356 e. The summed E-state index contributed by atoms with van der Waals surface area (Å²) in [6.45, 7) is 0.676. The zero-order valence-electron chi connectivity index (χ0n) is 13.4. The molecule has 2 N–H and O–H groups in total. The molecule has 0 saturated heterocycles. The zero-order valence-corrected chi connectivity index (χ0v) is 16.6. The van der Waals surface area contributed by atoms with Crippen molar-refractivity contribution in [2.24, 2.45) is 0 Å². The van der Waals surface area contributed by atoms with Crippen molar-refractivity contribution in [1.82, 2.24) is 10.2 Å². The van der Waals surface area contributed by atoms with E-state index in [0.717, 1.165) is 15.0 Å². The van der Waals surface area contributed by atoms with Gasteiger partial charge in [0, 0.05) is 11.6 Å². The van der Waals surface area contributed by atoms with Gasteiger partial charge in [-0.15, -0.1) is 10.2 Å². The number of nitrogens with one attached hydrogen (secondary N) is 2. The lowest BCUT2D eigenvalue weighted by atomic mass is 10.2. The van der Waals surface area contributed by atoms with Gasteiger partial charge in [-0.05, 0) is 23.8 Å². The maximum atomic E-state index is 12.1. The Morgan fingerprint density at radius 3 is 2.69 bits per heavy atom. The van der Waals surface area contributed by atoms with Crippen LogP contribution in [0.2, 0.25) is 10.0 Å². The molecule has 0 spiro atoms. The van der Waals surface area contributed by atoms with Crippen LogP contribution in [-0.2, 0) is 11.3 Å². The number of rotatable bonds is 7. The third kappa shape index (κ3) is 5.60. The number of hydrogen-bond acceptors (Lipinski definition) is 6. The quantitative estimate of drug-likeness (QED) is 0.510. The number of nitrogens with zero attached hydrogens (tertiary/aromatic N) is 2. The van der Waals surface area contributed by atoms with Crippen molar-refractivity contribution in [2.75, 3.05) is 16.4 Å². The molecule has 0 bridgehead atoms. The minimum absolute atomic E-state index is 0.173. The zero-order chi connectivity index (χ0) is 18.4. The van der Waals surface area contributed by atoms with E-state index in [1.54, 1.807) is 18.2 Å². The standard InChI is InChI=1S/C17H14Cl2N4OS2/c18-12-6-7-14(13(19)8-12)21-15(24)10-25-17-23-22-16(26-17)20-9-11-4-2-1-3-5-11/h1-8H,9-10H2,(H,20,22)(H,21,24). The van der Waals surface area contributed by atoms with Crippen LogP contribution in [0.15, 0.2) is 52.9 Å². The summed E-state index contributed by atoms with van der Waals surface area (Å²) in [6, 6.07) is 15.0. The molecule has 0 unspecified atom stereocenters. The number of amides is 1. The summed E-state index contributed by atoms with van der Waals surface area (Å²) >= 11 is 14.6. The third-order valence-electron chi connectivity index (χ3n) is 3.22.